The third-order valence-corrected chi connectivity index (χ3v) is 5.58. The molecule has 1 amide bonds. The molecule has 2 aromatic rings. The van der Waals surface area contributed by atoms with E-state index in [9.17, 15) is 4.79 Å². The standard InChI is InChI=1S/C21H26ClN5O2/c1-13(2)25-21-23-8-15(9-24-21)20(28)26-17-7-18-12-29-19(11-27(18)10-17)14-3-5-16(22)6-4-14/h3-6,8-9,13,17-19H,7,10-12H2,1-2H3,(H,26,28)(H,23,24,25)/t17-,18-,19+/m0/s1. The fourth-order valence-corrected chi connectivity index (χ4v) is 4.03. The third-order valence-electron chi connectivity index (χ3n) is 5.33. The first-order valence-corrected chi connectivity index (χ1v) is 10.4. The molecule has 0 saturated carbocycles. The Labute approximate surface area is 175 Å². The molecule has 2 N–H and O–H groups in total. The van der Waals surface area contributed by atoms with Crippen molar-refractivity contribution >= 4 is 23.5 Å². The van der Waals surface area contributed by atoms with Crippen molar-refractivity contribution in [1.29, 1.82) is 0 Å². The fourth-order valence-electron chi connectivity index (χ4n) is 3.90. The summed E-state index contributed by atoms with van der Waals surface area (Å²) < 4.78 is 6.08. The van der Waals surface area contributed by atoms with Crippen LogP contribution in [0.4, 0.5) is 5.95 Å². The second-order valence-electron chi connectivity index (χ2n) is 7.98. The van der Waals surface area contributed by atoms with Crippen LogP contribution in [0.2, 0.25) is 5.02 Å². The van der Waals surface area contributed by atoms with E-state index in [1.54, 1.807) is 12.4 Å². The zero-order chi connectivity index (χ0) is 20.4. The topological polar surface area (TPSA) is 79.4 Å². The van der Waals surface area contributed by atoms with Crippen LogP contribution in [0.3, 0.4) is 0 Å². The molecule has 4 rings (SSSR count). The minimum Gasteiger partial charge on any atom is -0.371 e. The lowest BCUT2D eigenvalue weighted by Crippen LogP contribution is -2.43. The van der Waals surface area contributed by atoms with Crippen molar-refractivity contribution in [3.8, 4) is 0 Å². The van der Waals surface area contributed by atoms with Crippen LogP contribution in [0.15, 0.2) is 36.7 Å². The number of aromatic nitrogens is 2. The lowest BCUT2D eigenvalue weighted by Gasteiger charge is -2.35. The van der Waals surface area contributed by atoms with Crippen molar-refractivity contribution in [3.05, 3.63) is 52.8 Å². The monoisotopic (exact) mass is 415 g/mol. The smallest absolute Gasteiger partial charge is 0.254 e. The van der Waals surface area contributed by atoms with Crippen LogP contribution in [0.5, 0.6) is 0 Å². The summed E-state index contributed by atoms with van der Waals surface area (Å²) in [6, 6.07) is 8.48. The third kappa shape index (κ3) is 4.86. The van der Waals surface area contributed by atoms with Gasteiger partial charge in [0, 0.05) is 48.6 Å². The van der Waals surface area contributed by atoms with E-state index < -0.39 is 0 Å². The molecule has 1 aromatic carbocycles. The van der Waals surface area contributed by atoms with Gasteiger partial charge in [-0.15, -0.1) is 0 Å². The van der Waals surface area contributed by atoms with Crippen LogP contribution in [0.25, 0.3) is 0 Å². The van der Waals surface area contributed by atoms with Crippen molar-refractivity contribution in [1.82, 2.24) is 20.2 Å². The van der Waals surface area contributed by atoms with Gasteiger partial charge >= 0.3 is 0 Å². The number of rotatable bonds is 5. The Morgan fingerprint density at radius 3 is 2.62 bits per heavy atom. The average molecular weight is 416 g/mol. The zero-order valence-electron chi connectivity index (χ0n) is 16.6. The van der Waals surface area contributed by atoms with E-state index in [-0.39, 0.29) is 24.1 Å². The van der Waals surface area contributed by atoms with Crippen molar-refractivity contribution < 1.29 is 9.53 Å². The molecule has 7 nitrogen and oxygen atoms in total. The number of halogens is 1. The predicted molar refractivity (Wildman–Crippen MR) is 112 cm³/mol. The Balaban J connectivity index is 1.32. The number of carbonyl (C=O) groups is 1. The number of hydrogen-bond acceptors (Lipinski definition) is 6. The summed E-state index contributed by atoms with van der Waals surface area (Å²) in [6.07, 6.45) is 4.05. The van der Waals surface area contributed by atoms with Crippen molar-refractivity contribution in [2.45, 2.75) is 44.5 Å². The number of amides is 1. The molecule has 0 bridgehead atoms. The quantitative estimate of drug-likeness (QED) is 0.781. The highest BCUT2D eigenvalue weighted by Gasteiger charge is 2.38. The van der Waals surface area contributed by atoms with Crippen LogP contribution in [-0.4, -0.2) is 58.6 Å². The van der Waals surface area contributed by atoms with E-state index in [1.807, 2.05) is 38.1 Å². The molecule has 29 heavy (non-hydrogen) atoms. The van der Waals surface area contributed by atoms with Crippen LogP contribution in [0, 0.1) is 0 Å². The van der Waals surface area contributed by atoms with Crippen LogP contribution in [0.1, 0.15) is 42.3 Å². The van der Waals surface area contributed by atoms with Gasteiger partial charge in [0.05, 0.1) is 18.3 Å². The average Bonchev–Trinajstić information content (AvgIpc) is 3.10. The number of morpholine rings is 1. The number of nitrogens with one attached hydrogen (secondary N) is 2. The van der Waals surface area contributed by atoms with E-state index in [0.29, 0.717) is 24.2 Å². The fraction of sp³-hybridized carbons (Fsp3) is 0.476. The molecule has 2 aliphatic rings. The van der Waals surface area contributed by atoms with Crippen LogP contribution < -0.4 is 10.6 Å². The molecule has 8 heteroatoms. The maximum absolute atomic E-state index is 12.6. The molecule has 3 heterocycles. The molecule has 1 aromatic heterocycles. The normalized spacial score (nSPS) is 24.3. The largest absolute Gasteiger partial charge is 0.371 e. The molecular weight excluding hydrogens is 390 g/mol. The number of anilines is 1. The molecule has 154 valence electrons. The van der Waals surface area contributed by atoms with Crippen molar-refractivity contribution in [3.63, 3.8) is 0 Å². The van der Waals surface area contributed by atoms with Gasteiger partial charge in [-0.3, -0.25) is 9.69 Å². The number of benzene rings is 1. The Hall–Kier alpha value is -2.22. The molecular formula is C21H26ClN5O2. The molecule has 2 saturated heterocycles. The Kier molecular flexibility index (Phi) is 5.99. The highest BCUT2D eigenvalue weighted by atomic mass is 35.5. The predicted octanol–water partition coefficient (Wildman–Crippen LogP) is 2.89. The van der Waals surface area contributed by atoms with E-state index in [0.717, 1.165) is 30.1 Å². The molecule has 0 aliphatic carbocycles. The number of hydrogen-bond donors (Lipinski definition) is 2. The number of carbonyl (C=O) groups excluding carboxylic acids is 1. The SMILES string of the molecule is CC(C)Nc1ncc(C(=O)N[C@H]2C[C@H]3CO[C@@H](c4ccc(Cl)cc4)CN3C2)cn1. The van der Waals surface area contributed by atoms with Gasteiger partial charge in [-0.05, 0) is 38.0 Å². The Bertz CT molecular complexity index is 843. The van der Waals surface area contributed by atoms with E-state index in [4.69, 9.17) is 16.3 Å². The number of ether oxygens (including phenoxy) is 1. The van der Waals surface area contributed by atoms with Gasteiger partial charge < -0.3 is 15.4 Å². The van der Waals surface area contributed by atoms with Gasteiger partial charge in [0.25, 0.3) is 5.91 Å². The summed E-state index contributed by atoms with van der Waals surface area (Å²) >= 11 is 5.98. The Morgan fingerprint density at radius 2 is 1.93 bits per heavy atom. The second-order valence-corrected chi connectivity index (χ2v) is 8.42. The molecule has 0 unspecified atom stereocenters. The van der Waals surface area contributed by atoms with Crippen LogP contribution in [-0.2, 0) is 4.74 Å². The maximum atomic E-state index is 12.6. The minimum absolute atomic E-state index is 0.0346. The first-order chi connectivity index (χ1) is 14.0. The van der Waals surface area contributed by atoms with Crippen molar-refractivity contribution in [2.75, 3.05) is 25.0 Å². The molecule has 0 radical (unpaired) electrons. The summed E-state index contributed by atoms with van der Waals surface area (Å²) in [6.45, 7) is 6.33. The van der Waals surface area contributed by atoms with Gasteiger partial charge in [-0.25, -0.2) is 9.97 Å². The second kappa shape index (κ2) is 8.65. The molecule has 2 aliphatic heterocycles. The zero-order valence-corrected chi connectivity index (χ0v) is 17.4. The molecule has 0 spiro atoms. The van der Waals surface area contributed by atoms with Crippen LogP contribution >= 0.6 is 11.6 Å². The van der Waals surface area contributed by atoms with E-state index in [2.05, 4.69) is 25.5 Å². The molecule has 2 fully saturated rings. The summed E-state index contributed by atoms with van der Waals surface area (Å²) in [4.78, 5) is 23.4. The summed E-state index contributed by atoms with van der Waals surface area (Å²) in [5.41, 5.74) is 1.60. The number of nitrogens with zero attached hydrogens (tertiary/aromatic N) is 3. The summed E-state index contributed by atoms with van der Waals surface area (Å²) in [7, 11) is 0. The van der Waals surface area contributed by atoms with Crippen molar-refractivity contribution in [2.24, 2.45) is 0 Å². The van der Waals surface area contributed by atoms with Gasteiger partial charge in [0.1, 0.15) is 0 Å². The highest BCUT2D eigenvalue weighted by molar-refractivity contribution is 6.30. The number of fused-ring (bicyclic) bond motifs is 1. The first kappa shape index (κ1) is 20.1. The molecule has 3 atom stereocenters. The van der Waals surface area contributed by atoms with Gasteiger partial charge in [0.15, 0.2) is 0 Å². The maximum Gasteiger partial charge on any atom is 0.254 e. The van der Waals surface area contributed by atoms with E-state index >= 15 is 0 Å². The lowest BCUT2D eigenvalue weighted by atomic mass is 10.1. The lowest BCUT2D eigenvalue weighted by molar-refractivity contribution is -0.0502. The van der Waals surface area contributed by atoms with Gasteiger partial charge in [-0.1, -0.05) is 23.7 Å². The minimum atomic E-state index is -0.138. The first-order valence-electron chi connectivity index (χ1n) is 9.98. The van der Waals surface area contributed by atoms with Gasteiger partial charge in [0.2, 0.25) is 5.95 Å². The summed E-state index contributed by atoms with van der Waals surface area (Å²) in [5.74, 6) is 0.390. The summed E-state index contributed by atoms with van der Waals surface area (Å²) in [5, 5.41) is 6.96. The highest BCUT2D eigenvalue weighted by Crippen LogP contribution is 2.30. The van der Waals surface area contributed by atoms with E-state index in [1.165, 1.54) is 0 Å². The Morgan fingerprint density at radius 1 is 1.21 bits per heavy atom. The van der Waals surface area contributed by atoms with Gasteiger partial charge in [-0.2, -0.15) is 0 Å².